The quantitative estimate of drug-likeness (QED) is 0.418. The standard InChI is InChI=1S/C20H29BClFO2/c1-19(2)20(3,4)25-21(24-19)17(11-8-14-22)15-18(23)13-12-16-9-6-5-7-10-16/h5-7,9-10,15,17H,8,11-14H2,1-4H3/b18-15-/t17-/m0/s1. The van der Waals surface area contributed by atoms with Crippen LogP contribution in [0.5, 0.6) is 0 Å². The highest BCUT2D eigenvalue weighted by Gasteiger charge is 2.53. The molecule has 1 atom stereocenters. The zero-order valence-electron chi connectivity index (χ0n) is 15.7. The van der Waals surface area contributed by atoms with Gasteiger partial charge in [-0.15, -0.1) is 11.6 Å². The Morgan fingerprint density at radius 3 is 2.32 bits per heavy atom. The van der Waals surface area contributed by atoms with Crippen LogP contribution in [-0.4, -0.2) is 24.2 Å². The van der Waals surface area contributed by atoms with Gasteiger partial charge in [-0.25, -0.2) is 4.39 Å². The fraction of sp³-hybridized carbons (Fsp3) is 0.600. The van der Waals surface area contributed by atoms with E-state index in [0.717, 1.165) is 18.4 Å². The van der Waals surface area contributed by atoms with Crippen LogP contribution in [0, 0.1) is 0 Å². The monoisotopic (exact) mass is 366 g/mol. The van der Waals surface area contributed by atoms with Crippen LogP contribution in [0.25, 0.3) is 0 Å². The molecule has 2 rings (SSSR count). The molecule has 1 aromatic rings. The Balaban J connectivity index is 2.04. The first-order chi connectivity index (χ1) is 11.7. The van der Waals surface area contributed by atoms with Crippen molar-refractivity contribution in [2.24, 2.45) is 0 Å². The van der Waals surface area contributed by atoms with E-state index in [9.17, 15) is 4.39 Å². The average molecular weight is 367 g/mol. The van der Waals surface area contributed by atoms with Crippen LogP contribution >= 0.6 is 11.6 Å². The van der Waals surface area contributed by atoms with Crippen LogP contribution in [-0.2, 0) is 15.7 Å². The molecule has 0 aliphatic carbocycles. The summed E-state index contributed by atoms with van der Waals surface area (Å²) in [5.41, 5.74) is 0.315. The summed E-state index contributed by atoms with van der Waals surface area (Å²) in [6, 6.07) is 9.96. The zero-order chi connectivity index (χ0) is 18.5. The highest BCUT2D eigenvalue weighted by Crippen LogP contribution is 2.41. The van der Waals surface area contributed by atoms with E-state index >= 15 is 0 Å². The van der Waals surface area contributed by atoms with Gasteiger partial charge < -0.3 is 9.31 Å². The highest BCUT2D eigenvalue weighted by atomic mass is 35.5. The third-order valence-electron chi connectivity index (χ3n) is 5.18. The summed E-state index contributed by atoms with van der Waals surface area (Å²) in [5.74, 6) is 0.309. The average Bonchev–Trinajstić information content (AvgIpc) is 2.78. The normalized spacial score (nSPS) is 20.7. The van der Waals surface area contributed by atoms with Crippen molar-refractivity contribution >= 4 is 18.7 Å². The second-order valence-corrected chi connectivity index (χ2v) is 8.10. The number of halogens is 2. The molecule has 1 fully saturated rings. The number of aryl methyl sites for hydroxylation is 1. The molecule has 0 bridgehead atoms. The number of hydrogen-bond donors (Lipinski definition) is 0. The summed E-state index contributed by atoms with van der Waals surface area (Å²) in [6.07, 6.45) is 4.31. The van der Waals surface area contributed by atoms with Crippen molar-refractivity contribution < 1.29 is 13.7 Å². The molecule has 0 saturated carbocycles. The number of allylic oxidation sites excluding steroid dienone is 2. The van der Waals surface area contributed by atoms with Gasteiger partial charge in [0.05, 0.1) is 17.0 Å². The summed E-state index contributed by atoms with van der Waals surface area (Å²) in [4.78, 5) is 0. The largest absolute Gasteiger partial charge is 0.465 e. The van der Waals surface area contributed by atoms with Crippen molar-refractivity contribution in [1.82, 2.24) is 0 Å². The molecule has 0 amide bonds. The van der Waals surface area contributed by atoms with Gasteiger partial charge in [0.25, 0.3) is 0 Å². The van der Waals surface area contributed by atoms with Crippen LogP contribution in [0.2, 0.25) is 5.82 Å². The number of alkyl halides is 1. The lowest BCUT2D eigenvalue weighted by Crippen LogP contribution is -2.41. The van der Waals surface area contributed by atoms with Gasteiger partial charge >= 0.3 is 7.12 Å². The van der Waals surface area contributed by atoms with Gasteiger partial charge in [0.2, 0.25) is 0 Å². The first-order valence-corrected chi connectivity index (χ1v) is 9.60. The lowest BCUT2D eigenvalue weighted by atomic mass is 9.69. The Hall–Kier alpha value is -0.835. The Morgan fingerprint density at radius 1 is 1.16 bits per heavy atom. The predicted octanol–water partition coefficient (Wildman–Crippen LogP) is 5.95. The Bertz CT molecular complexity index is 558. The van der Waals surface area contributed by atoms with Gasteiger partial charge in [0.15, 0.2) is 0 Å². The maximum absolute atomic E-state index is 14.5. The molecule has 1 aliphatic heterocycles. The topological polar surface area (TPSA) is 18.5 Å². The molecule has 0 unspecified atom stereocenters. The molecular weight excluding hydrogens is 337 g/mol. The van der Waals surface area contributed by atoms with E-state index in [0.29, 0.717) is 18.7 Å². The first kappa shape index (κ1) is 20.5. The minimum atomic E-state index is -0.435. The molecule has 0 aromatic heterocycles. The molecular formula is C20H29BClFO2. The number of hydrogen-bond acceptors (Lipinski definition) is 2. The fourth-order valence-corrected chi connectivity index (χ4v) is 3.05. The summed E-state index contributed by atoms with van der Waals surface area (Å²) in [5, 5.41) is 0. The molecule has 1 saturated heterocycles. The molecule has 138 valence electrons. The zero-order valence-corrected chi connectivity index (χ0v) is 16.5. The minimum absolute atomic E-state index is 0.113. The van der Waals surface area contributed by atoms with E-state index in [4.69, 9.17) is 20.9 Å². The van der Waals surface area contributed by atoms with E-state index in [2.05, 4.69) is 0 Å². The highest BCUT2D eigenvalue weighted by molar-refractivity contribution is 6.48. The van der Waals surface area contributed by atoms with Gasteiger partial charge in [0.1, 0.15) is 0 Å². The molecule has 1 heterocycles. The van der Waals surface area contributed by atoms with Crippen molar-refractivity contribution in [3.63, 3.8) is 0 Å². The van der Waals surface area contributed by atoms with Crippen LogP contribution in [0.15, 0.2) is 42.2 Å². The molecule has 0 spiro atoms. The summed E-state index contributed by atoms with van der Waals surface area (Å²) < 4.78 is 26.7. The van der Waals surface area contributed by atoms with Crippen LogP contribution < -0.4 is 0 Å². The van der Waals surface area contributed by atoms with Crippen LogP contribution in [0.1, 0.15) is 52.5 Å². The summed E-state index contributed by atoms with van der Waals surface area (Å²) in [6.45, 7) is 8.06. The maximum atomic E-state index is 14.5. The maximum Gasteiger partial charge on any atom is 0.465 e. The van der Waals surface area contributed by atoms with Gasteiger partial charge in [-0.1, -0.05) is 36.4 Å². The smallest absolute Gasteiger partial charge is 0.403 e. The molecule has 1 aliphatic rings. The van der Waals surface area contributed by atoms with E-state index in [-0.39, 0.29) is 11.6 Å². The van der Waals surface area contributed by atoms with E-state index in [1.165, 1.54) is 0 Å². The van der Waals surface area contributed by atoms with E-state index in [1.807, 2.05) is 58.0 Å². The third kappa shape index (κ3) is 5.57. The van der Waals surface area contributed by atoms with Crippen molar-refractivity contribution in [2.75, 3.05) is 5.88 Å². The van der Waals surface area contributed by atoms with E-state index in [1.54, 1.807) is 6.08 Å². The van der Waals surface area contributed by atoms with Gasteiger partial charge in [0, 0.05) is 18.1 Å². The Labute approximate surface area is 156 Å². The van der Waals surface area contributed by atoms with Crippen LogP contribution in [0.3, 0.4) is 0 Å². The van der Waals surface area contributed by atoms with Crippen molar-refractivity contribution in [3.8, 4) is 0 Å². The first-order valence-electron chi connectivity index (χ1n) is 9.07. The summed E-state index contributed by atoms with van der Waals surface area (Å²) in [7, 11) is -0.435. The number of rotatable bonds is 8. The van der Waals surface area contributed by atoms with Crippen molar-refractivity contribution in [3.05, 3.63) is 47.8 Å². The van der Waals surface area contributed by atoms with Gasteiger partial charge in [-0.2, -0.15) is 0 Å². The van der Waals surface area contributed by atoms with Crippen molar-refractivity contribution in [1.29, 1.82) is 0 Å². The summed E-state index contributed by atoms with van der Waals surface area (Å²) >= 11 is 5.85. The number of benzene rings is 1. The lowest BCUT2D eigenvalue weighted by Gasteiger charge is -2.32. The second-order valence-electron chi connectivity index (χ2n) is 7.72. The molecule has 0 radical (unpaired) electrons. The van der Waals surface area contributed by atoms with Gasteiger partial charge in [-0.05, 0) is 52.5 Å². The van der Waals surface area contributed by atoms with E-state index < -0.39 is 18.3 Å². The minimum Gasteiger partial charge on any atom is -0.403 e. The lowest BCUT2D eigenvalue weighted by molar-refractivity contribution is 0.00578. The van der Waals surface area contributed by atoms with Crippen molar-refractivity contribution in [2.45, 2.75) is 70.4 Å². The third-order valence-corrected chi connectivity index (χ3v) is 5.45. The SMILES string of the molecule is CC1(C)OB([C@H](/C=C(\F)CCc2ccccc2)CCCCl)OC1(C)C. The Kier molecular flexibility index (Phi) is 7.13. The van der Waals surface area contributed by atoms with Gasteiger partial charge in [-0.3, -0.25) is 0 Å². The van der Waals surface area contributed by atoms with Crippen LogP contribution in [0.4, 0.5) is 4.39 Å². The molecule has 0 N–H and O–H groups in total. The molecule has 5 heteroatoms. The molecule has 25 heavy (non-hydrogen) atoms. The molecule has 2 nitrogen and oxygen atoms in total. The second kappa shape index (κ2) is 8.70. The fourth-order valence-electron chi connectivity index (χ4n) is 2.90. The molecule has 1 aromatic carbocycles. The predicted molar refractivity (Wildman–Crippen MR) is 104 cm³/mol. The Morgan fingerprint density at radius 2 is 1.76 bits per heavy atom.